The molecule has 0 aliphatic heterocycles. The van der Waals surface area contributed by atoms with Crippen LogP contribution < -0.4 is 14.2 Å². The van der Waals surface area contributed by atoms with Gasteiger partial charge in [0.25, 0.3) is 0 Å². The molecule has 0 aromatic rings. The van der Waals surface area contributed by atoms with E-state index in [9.17, 15) is 4.79 Å². The van der Waals surface area contributed by atoms with Gasteiger partial charge in [0.2, 0.25) is 5.75 Å². The van der Waals surface area contributed by atoms with Crippen LogP contribution in [0.3, 0.4) is 0 Å². The molecule has 0 fully saturated rings. The maximum absolute atomic E-state index is 9.83. The van der Waals surface area contributed by atoms with Crippen molar-refractivity contribution in [1.29, 1.82) is 5.26 Å². The van der Waals surface area contributed by atoms with Crippen molar-refractivity contribution in [2.75, 3.05) is 27.9 Å². The first-order valence-electron chi connectivity index (χ1n) is 5.44. The van der Waals surface area contributed by atoms with E-state index in [0.29, 0.717) is 5.75 Å². The zero-order chi connectivity index (χ0) is 14.4. The molecular formula is C13H15NO5. The summed E-state index contributed by atoms with van der Waals surface area (Å²) in [5, 5.41) is 7.79. The molecule has 0 radical (unpaired) electrons. The van der Waals surface area contributed by atoms with Crippen LogP contribution in [0, 0.1) is 11.3 Å². The predicted octanol–water partition coefficient (Wildman–Crippen LogP) is 1.77. The lowest BCUT2D eigenvalue weighted by atomic mass is 10.4. The third kappa shape index (κ3) is 3.28. The third-order valence-corrected chi connectivity index (χ3v) is 2.35. The first-order valence-corrected chi connectivity index (χ1v) is 5.44. The summed E-state index contributed by atoms with van der Waals surface area (Å²) in [6.07, 6.45) is 0. The van der Waals surface area contributed by atoms with Crippen molar-refractivity contribution in [3.63, 3.8) is 0 Å². The molecule has 0 saturated carbocycles. The van der Waals surface area contributed by atoms with Crippen molar-refractivity contribution >= 4 is 5.97 Å². The standard InChI is InChI=1S/C9H10O3.C4H5NO2/c1-10-7-5-4-6(5)8(11-2)9(7)12-3;1-4(6)7-3-2-5/h4H,1-3H3;3H2,1H3. The Kier molecular flexibility index (Phi) is 5.01. The van der Waals surface area contributed by atoms with Crippen LogP contribution >= 0.6 is 0 Å². The highest BCUT2D eigenvalue weighted by Gasteiger charge is 2.32. The first kappa shape index (κ1) is 14.6. The monoisotopic (exact) mass is 265 g/mol. The average molecular weight is 265 g/mol. The van der Waals surface area contributed by atoms with Crippen LogP contribution in [0.25, 0.3) is 11.1 Å². The number of fused-ring (bicyclic) bond motifs is 1. The van der Waals surface area contributed by atoms with Crippen molar-refractivity contribution in [3.8, 4) is 34.4 Å². The van der Waals surface area contributed by atoms with Gasteiger partial charge in [-0.05, 0) is 6.07 Å². The number of nitriles is 1. The number of hydrogen-bond acceptors (Lipinski definition) is 6. The van der Waals surface area contributed by atoms with Crippen LogP contribution in [-0.2, 0) is 9.53 Å². The Bertz CT molecular complexity index is 490. The second kappa shape index (κ2) is 6.50. The number of benzene rings is 1. The minimum atomic E-state index is -0.415. The summed E-state index contributed by atoms with van der Waals surface area (Å²) >= 11 is 0. The van der Waals surface area contributed by atoms with E-state index in [1.807, 2.05) is 6.07 Å². The number of rotatable bonds is 4. The van der Waals surface area contributed by atoms with Gasteiger partial charge in [-0.25, -0.2) is 0 Å². The van der Waals surface area contributed by atoms with E-state index in [4.69, 9.17) is 19.5 Å². The Labute approximate surface area is 111 Å². The van der Waals surface area contributed by atoms with Gasteiger partial charge in [-0.3, -0.25) is 4.79 Å². The Balaban J connectivity index is 0.000000224. The number of nitrogens with zero attached hydrogens (tertiary/aromatic N) is 1. The van der Waals surface area contributed by atoms with Gasteiger partial charge in [-0.2, -0.15) is 5.26 Å². The van der Waals surface area contributed by atoms with Gasteiger partial charge in [0.1, 0.15) is 6.07 Å². The average Bonchev–Trinajstić information content (AvgIpc) is 3.11. The van der Waals surface area contributed by atoms with E-state index in [2.05, 4.69) is 4.74 Å². The maximum Gasteiger partial charge on any atom is 0.303 e. The van der Waals surface area contributed by atoms with Gasteiger partial charge in [-0.15, -0.1) is 0 Å². The first-order chi connectivity index (χ1) is 9.10. The predicted molar refractivity (Wildman–Crippen MR) is 67.3 cm³/mol. The second-order valence-electron chi connectivity index (χ2n) is 3.51. The van der Waals surface area contributed by atoms with Crippen molar-refractivity contribution in [1.82, 2.24) is 0 Å². The Morgan fingerprint density at radius 2 is 1.58 bits per heavy atom. The van der Waals surface area contributed by atoms with E-state index < -0.39 is 5.97 Å². The van der Waals surface area contributed by atoms with Crippen molar-refractivity contribution in [3.05, 3.63) is 6.07 Å². The molecule has 6 heteroatoms. The minimum absolute atomic E-state index is 0.144. The lowest BCUT2D eigenvalue weighted by Crippen LogP contribution is -1.96. The van der Waals surface area contributed by atoms with E-state index in [1.54, 1.807) is 27.4 Å². The molecule has 2 rings (SSSR count). The lowest BCUT2D eigenvalue weighted by molar-refractivity contribution is -0.139. The molecule has 0 amide bonds. The SMILES string of the molecule is CC(=O)OCC#N.COc1c2cc-2c(OC)c1OC. The second-order valence-corrected chi connectivity index (χ2v) is 3.51. The molecule has 102 valence electrons. The maximum atomic E-state index is 9.83. The topological polar surface area (TPSA) is 77.8 Å². The van der Waals surface area contributed by atoms with Crippen molar-refractivity contribution in [2.24, 2.45) is 0 Å². The highest BCUT2D eigenvalue weighted by Crippen LogP contribution is 2.59. The summed E-state index contributed by atoms with van der Waals surface area (Å²) in [4.78, 5) is 9.83. The molecule has 0 spiro atoms. The highest BCUT2D eigenvalue weighted by molar-refractivity contribution is 5.98. The Morgan fingerprint density at radius 3 is 1.84 bits per heavy atom. The molecule has 0 saturated heterocycles. The summed E-state index contributed by atoms with van der Waals surface area (Å²) in [6, 6.07) is 3.67. The van der Waals surface area contributed by atoms with Crippen LogP contribution in [-0.4, -0.2) is 33.9 Å². The van der Waals surface area contributed by atoms with Gasteiger partial charge >= 0.3 is 5.97 Å². The zero-order valence-corrected chi connectivity index (χ0v) is 11.3. The Hall–Kier alpha value is -2.42. The highest BCUT2D eigenvalue weighted by atomic mass is 16.5. The summed E-state index contributed by atoms with van der Waals surface area (Å²) in [5.41, 5.74) is 2.21. The molecular weight excluding hydrogens is 250 g/mol. The van der Waals surface area contributed by atoms with Crippen LogP contribution in [0.4, 0.5) is 0 Å². The molecule has 0 atom stereocenters. The van der Waals surface area contributed by atoms with Crippen LogP contribution in [0.5, 0.6) is 17.2 Å². The van der Waals surface area contributed by atoms with Crippen LogP contribution in [0.2, 0.25) is 0 Å². The molecule has 2 aliphatic rings. The summed E-state index contributed by atoms with van der Waals surface area (Å²) in [5.74, 6) is 1.85. The number of hydrogen-bond donors (Lipinski definition) is 0. The van der Waals surface area contributed by atoms with Crippen molar-refractivity contribution < 1.29 is 23.7 Å². The fourth-order valence-corrected chi connectivity index (χ4v) is 1.56. The quantitative estimate of drug-likeness (QED) is 0.784. The molecule has 6 nitrogen and oxygen atoms in total. The van der Waals surface area contributed by atoms with Crippen LogP contribution in [0.1, 0.15) is 6.92 Å². The van der Waals surface area contributed by atoms with Gasteiger partial charge in [-0.1, -0.05) is 0 Å². The molecule has 19 heavy (non-hydrogen) atoms. The van der Waals surface area contributed by atoms with E-state index in [-0.39, 0.29) is 6.61 Å². The fourth-order valence-electron chi connectivity index (χ4n) is 1.56. The zero-order valence-electron chi connectivity index (χ0n) is 11.3. The largest absolute Gasteiger partial charge is 0.492 e. The van der Waals surface area contributed by atoms with Gasteiger partial charge in [0.05, 0.1) is 21.3 Å². The number of carbonyl (C=O) groups is 1. The number of carbonyl (C=O) groups excluding carboxylic acids is 1. The smallest absolute Gasteiger partial charge is 0.303 e. The third-order valence-electron chi connectivity index (χ3n) is 2.35. The van der Waals surface area contributed by atoms with E-state index in [0.717, 1.165) is 22.6 Å². The molecule has 0 unspecified atom stereocenters. The normalized spacial score (nSPS) is 9.42. The van der Waals surface area contributed by atoms with Crippen LogP contribution in [0.15, 0.2) is 6.07 Å². The van der Waals surface area contributed by atoms with E-state index in [1.165, 1.54) is 6.92 Å². The molecule has 2 aliphatic carbocycles. The molecule has 0 N–H and O–H groups in total. The minimum Gasteiger partial charge on any atom is -0.492 e. The van der Waals surface area contributed by atoms with Gasteiger partial charge in [0.15, 0.2) is 18.1 Å². The van der Waals surface area contributed by atoms with Crippen molar-refractivity contribution in [2.45, 2.75) is 6.92 Å². The van der Waals surface area contributed by atoms with Gasteiger partial charge < -0.3 is 18.9 Å². The summed E-state index contributed by atoms with van der Waals surface area (Å²) in [7, 11) is 4.87. The molecule has 0 aromatic heterocycles. The number of esters is 1. The lowest BCUT2D eigenvalue weighted by Gasteiger charge is -2.04. The molecule has 0 bridgehead atoms. The number of methoxy groups -OCH3 is 3. The Morgan fingerprint density at radius 1 is 1.11 bits per heavy atom. The molecule has 0 heterocycles. The summed E-state index contributed by atoms with van der Waals surface area (Å²) < 4.78 is 19.7. The fraction of sp³-hybridized carbons (Fsp3) is 0.385. The molecule has 0 aromatic carbocycles. The number of ether oxygens (including phenoxy) is 4. The van der Waals surface area contributed by atoms with E-state index >= 15 is 0 Å². The van der Waals surface area contributed by atoms with Gasteiger partial charge in [0, 0.05) is 18.1 Å². The summed E-state index contributed by atoms with van der Waals surface area (Å²) in [6.45, 7) is 1.12.